The minimum atomic E-state index is -4.66. The Morgan fingerprint density at radius 2 is 1.57 bits per heavy atom. The van der Waals surface area contributed by atoms with Gasteiger partial charge in [0.25, 0.3) is 22.6 Å². The van der Waals surface area contributed by atoms with Crippen LogP contribution < -0.4 is 22.6 Å². The van der Waals surface area contributed by atoms with E-state index in [0.717, 1.165) is 12.1 Å². The van der Waals surface area contributed by atoms with Crippen LogP contribution in [0, 0.1) is 9.39 Å². The predicted octanol–water partition coefficient (Wildman–Crippen LogP) is -0.00500. The summed E-state index contributed by atoms with van der Waals surface area (Å²) in [4.78, 5) is -0.806. The molecule has 0 atom stereocenters. The Kier molecular flexibility index (Phi) is 6.76. The maximum atomic E-state index is 12.5. The van der Waals surface area contributed by atoms with Crippen molar-refractivity contribution in [3.8, 4) is 0 Å². The average Bonchev–Trinajstić information content (AvgIpc) is 2.39. The molecule has 0 fully saturated rings. The molecule has 2 aromatic carbocycles. The molecule has 2 rings (SSSR count). The van der Waals surface area contributed by atoms with E-state index in [4.69, 9.17) is 0 Å². The maximum Gasteiger partial charge on any atom is 0.296 e. The molecule has 0 bridgehead atoms. The van der Waals surface area contributed by atoms with Crippen LogP contribution in [-0.4, -0.2) is 13.0 Å². The molecule has 0 heterocycles. The van der Waals surface area contributed by atoms with E-state index in [1.54, 1.807) is 0 Å². The molecule has 6 heteroatoms. The molecule has 114 valence electrons. The van der Waals surface area contributed by atoms with Gasteiger partial charge in [0, 0.05) is 0 Å². The highest BCUT2D eigenvalue weighted by molar-refractivity contribution is 7.85. The van der Waals surface area contributed by atoms with E-state index in [-0.39, 0.29) is 0 Å². The molecule has 0 radical (unpaired) electrons. The lowest BCUT2D eigenvalue weighted by atomic mass is 10.0. The summed E-state index contributed by atoms with van der Waals surface area (Å²) in [6, 6.07) is 13.2. The summed E-state index contributed by atoms with van der Waals surface area (Å²) in [5.74, 6) is -0.357. The Bertz CT molecular complexity index is 682. The highest BCUT2D eigenvalue weighted by Crippen LogP contribution is 2.12. The predicted molar refractivity (Wildman–Crippen MR) is 75.0 cm³/mol. The first-order valence-electron chi connectivity index (χ1n) is 6.19. The summed E-state index contributed by atoms with van der Waals surface area (Å²) in [5, 5.41) is 0. The molecule has 3 nitrogen and oxygen atoms in total. The lowest BCUT2D eigenvalue weighted by Crippen LogP contribution is -3.34. The number of halogens is 2. The molecule has 0 aliphatic heterocycles. The molecule has 2 aromatic rings. The van der Waals surface area contributed by atoms with Crippen LogP contribution >= 0.6 is 0 Å². The molecule has 0 unspecified atom stereocenters. The second-order valence-electron chi connectivity index (χ2n) is 4.61. The zero-order valence-corrected chi connectivity index (χ0v) is 14.8. The average molecular weight is 422 g/mol. The van der Waals surface area contributed by atoms with Crippen molar-refractivity contribution < 1.29 is 40.0 Å². The van der Waals surface area contributed by atoms with Gasteiger partial charge in [-0.3, -0.25) is 0 Å². The van der Waals surface area contributed by atoms with Gasteiger partial charge >= 0.3 is 0 Å². The monoisotopic (exact) mass is 422 g/mol. The van der Waals surface area contributed by atoms with Crippen LogP contribution in [0.25, 0.3) is 0 Å². The van der Waals surface area contributed by atoms with Crippen LogP contribution in [0.5, 0.6) is 0 Å². The molecule has 21 heavy (non-hydrogen) atoms. The Hall–Kier alpha value is -0.990. The minimum absolute atomic E-state index is 0.654. The van der Waals surface area contributed by atoms with E-state index >= 15 is 0 Å². The molecular weight excluding hydrogens is 406 g/mol. The van der Waals surface area contributed by atoms with Gasteiger partial charge in [-0.05, 0) is 35.7 Å². The Balaban J connectivity index is 0.000000211. The van der Waals surface area contributed by atoms with E-state index in [9.17, 15) is 17.4 Å². The number of hydrogen-bond donors (Lipinski definition) is 0. The van der Waals surface area contributed by atoms with E-state index in [1.165, 1.54) is 21.3 Å². The molecule has 0 N–H and O–H groups in total. The minimum Gasteiger partial charge on any atom is -0.744 e. The fourth-order valence-corrected chi connectivity index (χ4v) is 2.44. The van der Waals surface area contributed by atoms with Crippen molar-refractivity contribution in [2.24, 2.45) is 0 Å². The standard InChI is InChI=1S/C9H12I.C6H5FO3S/c1-7(2)8-3-5-9(10)6-4-8;7-5-3-1-2-4-6(5)11(8,9)10/h3-7,10H,1-2H3;1-4H,(H,8,9,10)/q+1;/p-1. The molecule has 0 saturated carbocycles. The third kappa shape index (κ3) is 6.11. The molecule has 0 saturated heterocycles. The highest BCUT2D eigenvalue weighted by Gasteiger charge is 2.05. The Morgan fingerprint density at radius 3 is 1.95 bits per heavy atom. The zero-order chi connectivity index (χ0) is 16.0. The lowest BCUT2D eigenvalue weighted by molar-refractivity contribution is -0.328. The first-order chi connectivity index (χ1) is 9.71. The quantitative estimate of drug-likeness (QED) is 0.506. The number of rotatable bonds is 2. The normalized spacial score (nSPS) is 11.0. The van der Waals surface area contributed by atoms with Gasteiger partial charge in [-0.15, -0.1) is 0 Å². The van der Waals surface area contributed by atoms with Gasteiger partial charge in [0.2, 0.25) is 0 Å². The second kappa shape index (κ2) is 7.86. The summed E-state index contributed by atoms with van der Waals surface area (Å²) in [7, 11) is -4.66. The fourth-order valence-electron chi connectivity index (χ4n) is 1.50. The summed E-state index contributed by atoms with van der Waals surface area (Å²) in [5.41, 5.74) is 1.42. The summed E-state index contributed by atoms with van der Waals surface area (Å²) in [6.07, 6.45) is 0. The van der Waals surface area contributed by atoms with Gasteiger partial charge in [-0.1, -0.05) is 38.1 Å². The number of hydrogen-bond acceptors (Lipinski definition) is 3. The second-order valence-corrected chi connectivity index (χ2v) is 7.30. The van der Waals surface area contributed by atoms with Crippen LogP contribution in [-0.2, 0) is 10.1 Å². The Morgan fingerprint density at radius 1 is 1.05 bits per heavy atom. The van der Waals surface area contributed by atoms with Gasteiger partial charge in [0.05, 0.1) is 4.90 Å². The van der Waals surface area contributed by atoms with Gasteiger partial charge in [0.15, 0.2) is 3.57 Å². The number of benzene rings is 2. The zero-order valence-electron chi connectivity index (χ0n) is 11.6. The lowest BCUT2D eigenvalue weighted by Gasteiger charge is -2.06. The molecule has 0 amide bonds. The van der Waals surface area contributed by atoms with Crippen molar-refractivity contribution in [2.45, 2.75) is 24.7 Å². The maximum absolute atomic E-state index is 12.5. The first-order valence-corrected chi connectivity index (χ1v) is 8.76. The molecular formula is C15H16FIO3S. The summed E-state index contributed by atoms with van der Waals surface area (Å²) >= 11 is 2.05. The van der Waals surface area contributed by atoms with Gasteiger partial charge in [-0.25, -0.2) is 12.8 Å². The van der Waals surface area contributed by atoms with Gasteiger partial charge < -0.3 is 4.55 Å². The fraction of sp³-hybridized carbons (Fsp3) is 0.200. The first kappa shape index (κ1) is 18.1. The van der Waals surface area contributed by atoms with Gasteiger partial charge in [0.1, 0.15) is 15.9 Å². The SMILES string of the molecule is CC(C)c1ccc([IH+])cc1.O=S(=O)([O-])c1ccccc1F. The van der Waals surface area contributed by atoms with Gasteiger partial charge in [-0.2, -0.15) is 0 Å². The van der Waals surface area contributed by atoms with Crippen LogP contribution in [0.2, 0.25) is 0 Å². The van der Waals surface area contributed by atoms with Crippen LogP contribution in [0.3, 0.4) is 0 Å². The molecule has 0 spiro atoms. The van der Waals surface area contributed by atoms with Crippen molar-refractivity contribution in [3.63, 3.8) is 0 Å². The van der Waals surface area contributed by atoms with Crippen molar-refractivity contribution in [2.75, 3.05) is 0 Å². The van der Waals surface area contributed by atoms with Crippen molar-refractivity contribution in [1.29, 1.82) is 0 Å². The summed E-state index contributed by atoms with van der Waals surface area (Å²) in [6.45, 7) is 4.43. The van der Waals surface area contributed by atoms with Crippen molar-refractivity contribution in [3.05, 3.63) is 63.5 Å². The third-order valence-corrected chi connectivity index (χ3v) is 4.30. The molecule has 0 aliphatic carbocycles. The largest absolute Gasteiger partial charge is 0.744 e. The van der Waals surface area contributed by atoms with Crippen molar-refractivity contribution in [1.82, 2.24) is 0 Å². The molecule has 0 aliphatic rings. The highest BCUT2D eigenvalue weighted by atomic mass is 127. The van der Waals surface area contributed by atoms with Crippen molar-refractivity contribution >= 4 is 10.1 Å². The van der Waals surface area contributed by atoms with E-state index in [2.05, 4.69) is 38.1 Å². The smallest absolute Gasteiger partial charge is 0.296 e. The van der Waals surface area contributed by atoms with Crippen LogP contribution in [0.15, 0.2) is 53.4 Å². The Labute approximate surface area is 138 Å². The van der Waals surface area contributed by atoms with E-state index in [0.29, 0.717) is 5.92 Å². The van der Waals surface area contributed by atoms with E-state index < -0.39 is 20.8 Å². The molecule has 0 aromatic heterocycles. The van der Waals surface area contributed by atoms with Crippen LogP contribution in [0.4, 0.5) is 4.39 Å². The summed E-state index contributed by atoms with van der Waals surface area (Å²) < 4.78 is 44.6. The van der Waals surface area contributed by atoms with E-state index in [1.807, 2.05) is 22.6 Å². The topological polar surface area (TPSA) is 57.2 Å². The van der Waals surface area contributed by atoms with Crippen LogP contribution in [0.1, 0.15) is 25.3 Å². The third-order valence-electron chi connectivity index (χ3n) is 2.65.